The van der Waals surface area contributed by atoms with Gasteiger partial charge in [0.05, 0.1) is 8.71 Å². The summed E-state index contributed by atoms with van der Waals surface area (Å²) in [5, 5.41) is 10.2. The van der Waals surface area contributed by atoms with E-state index in [-0.39, 0.29) is 5.70 Å². The first-order chi connectivity index (χ1) is 5.59. The van der Waals surface area contributed by atoms with Crippen LogP contribution < -0.4 is 0 Å². The zero-order valence-corrected chi connectivity index (χ0v) is 8.68. The Morgan fingerprint density at radius 2 is 2.42 bits per heavy atom. The van der Waals surface area contributed by atoms with Gasteiger partial charge in [-0.05, 0) is 28.1 Å². The summed E-state index contributed by atoms with van der Waals surface area (Å²) in [6.07, 6.45) is 1.55. The second kappa shape index (κ2) is 3.82. The Hall–Kier alpha value is -0.680. The zero-order valence-electron chi connectivity index (χ0n) is 6.28. The fourth-order valence-corrected chi connectivity index (χ4v) is 2.08. The van der Waals surface area contributed by atoms with Crippen LogP contribution >= 0.6 is 27.3 Å². The molecule has 0 saturated carbocycles. The quantitative estimate of drug-likeness (QED) is 0.596. The molecule has 0 fully saturated rings. The van der Waals surface area contributed by atoms with Gasteiger partial charge in [-0.3, -0.25) is 10.1 Å². The molecule has 0 aliphatic heterocycles. The lowest BCUT2D eigenvalue weighted by Crippen LogP contribution is -1.91. The van der Waals surface area contributed by atoms with Gasteiger partial charge in [-0.15, -0.1) is 11.3 Å². The van der Waals surface area contributed by atoms with Crippen molar-refractivity contribution in [2.24, 2.45) is 0 Å². The van der Waals surface area contributed by atoms with E-state index in [0.29, 0.717) is 0 Å². The van der Waals surface area contributed by atoms with Crippen LogP contribution in [0.5, 0.6) is 0 Å². The average Bonchev–Trinajstić information content (AvgIpc) is 2.35. The van der Waals surface area contributed by atoms with Crippen molar-refractivity contribution in [3.8, 4) is 0 Å². The molecule has 0 saturated heterocycles. The van der Waals surface area contributed by atoms with Gasteiger partial charge in [0.25, 0.3) is 0 Å². The van der Waals surface area contributed by atoms with Crippen molar-refractivity contribution < 1.29 is 4.92 Å². The first-order valence-corrected chi connectivity index (χ1v) is 4.78. The second-order valence-electron chi connectivity index (χ2n) is 2.18. The number of allylic oxidation sites excluding steroid dienone is 1. The molecule has 12 heavy (non-hydrogen) atoms. The number of halogens is 1. The second-order valence-corrected chi connectivity index (χ2v) is 4.68. The van der Waals surface area contributed by atoms with E-state index in [1.54, 1.807) is 6.08 Å². The number of nitrogens with zero attached hydrogens (tertiary/aromatic N) is 1. The van der Waals surface area contributed by atoms with Crippen molar-refractivity contribution in [1.29, 1.82) is 0 Å². The predicted octanol–water partition coefficient (Wildman–Crippen LogP) is 3.15. The molecule has 0 spiro atoms. The molecule has 3 nitrogen and oxygen atoms in total. The van der Waals surface area contributed by atoms with E-state index in [0.717, 1.165) is 8.66 Å². The molecule has 0 aliphatic carbocycles. The van der Waals surface area contributed by atoms with Gasteiger partial charge in [0.15, 0.2) is 0 Å². The SMILES string of the molecule is C/C(=C/c1ccc(Br)s1)[N+](=O)[O-]. The Morgan fingerprint density at radius 3 is 2.83 bits per heavy atom. The van der Waals surface area contributed by atoms with Gasteiger partial charge in [0.1, 0.15) is 0 Å². The van der Waals surface area contributed by atoms with E-state index in [1.807, 2.05) is 12.1 Å². The number of hydrogen-bond donors (Lipinski definition) is 0. The minimum absolute atomic E-state index is 0.157. The van der Waals surface area contributed by atoms with E-state index in [4.69, 9.17) is 0 Å². The Labute approximate surface area is 82.0 Å². The maximum atomic E-state index is 10.2. The third-order valence-corrected chi connectivity index (χ3v) is 2.80. The molecule has 0 aromatic carbocycles. The number of nitro groups is 1. The molecule has 0 unspecified atom stereocenters. The Balaban J connectivity index is 2.87. The Morgan fingerprint density at radius 1 is 1.75 bits per heavy atom. The largest absolute Gasteiger partial charge is 0.259 e. The summed E-state index contributed by atoms with van der Waals surface area (Å²) in [6, 6.07) is 3.70. The van der Waals surface area contributed by atoms with E-state index in [9.17, 15) is 10.1 Å². The molecule has 5 heteroatoms. The molecule has 0 N–H and O–H groups in total. The van der Waals surface area contributed by atoms with Crippen LogP contribution in [0.3, 0.4) is 0 Å². The molecule has 1 aromatic rings. The Kier molecular flexibility index (Phi) is 2.99. The summed E-state index contributed by atoms with van der Waals surface area (Å²) in [4.78, 5) is 10.7. The van der Waals surface area contributed by atoms with Gasteiger partial charge >= 0.3 is 0 Å². The van der Waals surface area contributed by atoms with Gasteiger partial charge in [-0.25, -0.2) is 0 Å². The smallest absolute Gasteiger partial charge is 0.244 e. The predicted molar refractivity (Wildman–Crippen MR) is 52.7 cm³/mol. The topological polar surface area (TPSA) is 43.1 Å². The third-order valence-electron chi connectivity index (χ3n) is 1.23. The summed E-state index contributed by atoms with van der Waals surface area (Å²) in [7, 11) is 0. The molecule has 0 atom stereocenters. The molecule has 1 rings (SSSR count). The lowest BCUT2D eigenvalue weighted by Gasteiger charge is -1.86. The minimum Gasteiger partial charge on any atom is -0.259 e. The lowest BCUT2D eigenvalue weighted by atomic mass is 10.4. The van der Waals surface area contributed by atoms with Crippen molar-refractivity contribution in [3.63, 3.8) is 0 Å². The molecule has 1 heterocycles. The summed E-state index contributed by atoms with van der Waals surface area (Å²) in [6.45, 7) is 1.48. The minimum atomic E-state index is -0.395. The van der Waals surface area contributed by atoms with Gasteiger partial charge in [-0.2, -0.15) is 0 Å². The van der Waals surface area contributed by atoms with E-state index in [1.165, 1.54) is 18.3 Å². The fourth-order valence-electron chi connectivity index (χ4n) is 0.664. The maximum absolute atomic E-state index is 10.2. The van der Waals surface area contributed by atoms with Crippen LogP contribution in [0, 0.1) is 10.1 Å². The third kappa shape index (κ3) is 2.42. The Bertz CT molecular complexity index is 332. The van der Waals surface area contributed by atoms with Crippen LogP contribution in [0.25, 0.3) is 6.08 Å². The molecular formula is C7H6BrNO2S. The van der Waals surface area contributed by atoms with Crippen LogP contribution in [0.4, 0.5) is 0 Å². The normalized spacial score (nSPS) is 11.7. The molecule has 0 bridgehead atoms. The maximum Gasteiger partial charge on any atom is 0.244 e. The zero-order chi connectivity index (χ0) is 9.14. The van der Waals surface area contributed by atoms with E-state index < -0.39 is 4.92 Å². The van der Waals surface area contributed by atoms with Crippen LogP contribution in [0.2, 0.25) is 0 Å². The van der Waals surface area contributed by atoms with E-state index >= 15 is 0 Å². The average molecular weight is 248 g/mol. The molecule has 1 aromatic heterocycles. The van der Waals surface area contributed by atoms with E-state index in [2.05, 4.69) is 15.9 Å². The number of thiophene rings is 1. The first-order valence-electron chi connectivity index (χ1n) is 3.17. The molecule has 0 amide bonds. The monoisotopic (exact) mass is 247 g/mol. The molecule has 64 valence electrons. The highest BCUT2D eigenvalue weighted by Gasteiger charge is 2.02. The summed E-state index contributed by atoms with van der Waals surface area (Å²) >= 11 is 4.75. The summed E-state index contributed by atoms with van der Waals surface area (Å²) in [5.41, 5.74) is 0.157. The standard InChI is InChI=1S/C7H6BrNO2S/c1-5(9(10)11)4-6-2-3-7(8)12-6/h2-4H,1H3/b5-4-. The number of hydrogen-bond acceptors (Lipinski definition) is 3. The molecule has 0 aliphatic rings. The van der Waals surface area contributed by atoms with Gasteiger partial charge < -0.3 is 0 Å². The summed E-state index contributed by atoms with van der Waals surface area (Å²) in [5.74, 6) is 0. The summed E-state index contributed by atoms with van der Waals surface area (Å²) < 4.78 is 0.977. The van der Waals surface area contributed by atoms with Crippen molar-refractivity contribution in [2.45, 2.75) is 6.92 Å². The highest BCUT2D eigenvalue weighted by Crippen LogP contribution is 2.23. The molecular weight excluding hydrogens is 242 g/mol. The van der Waals surface area contributed by atoms with Crippen LogP contribution in [-0.4, -0.2) is 4.92 Å². The lowest BCUT2D eigenvalue weighted by molar-refractivity contribution is -0.422. The van der Waals surface area contributed by atoms with Gasteiger partial charge in [0.2, 0.25) is 5.70 Å². The van der Waals surface area contributed by atoms with Crippen molar-refractivity contribution in [3.05, 3.63) is 36.6 Å². The van der Waals surface area contributed by atoms with Crippen molar-refractivity contribution >= 4 is 33.3 Å². The number of rotatable bonds is 2. The van der Waals surface area contributed by atoms with Gasteiger partial charge in [-0.1, -0.05) is 0 Å². The highest BCUT2D eigenvalue weighted by molar-refractivity contribution is 9.11. The van der Waals surface area contributed by atoms with Crippen molar-refractivity contribution in [2.75, 3.05) is 0 Å². The molecule has 0 radical (unpaired) electrons. The van der Waals surface area contributed by atoms with Crippen LogP contribution in [0.1, 0.15) is 11.8 Å². The highest BCUT2D eigenvalue weighted by atomic mass is 79.9. The fraction of sp³-hybridized carbons (Fsp3) is 0.143. The van der Waals surface area contributed by atoms with Crippen molar-refractivity contribution in [1.82, 2.24) is 0 Å². The van der Waals surface area contributed by atoms with Crippen LogP contribution in [0.15, 0.2) is 21.6 Å². The van der Waals surface area contributed by atoms with Crippen LogP contribution in [-0.2, 0) is 0 Å². The first kappa shape index (κ1) is 9.41. The van der Waals surface area contributed by atoms with Gasteiger partial charge in [0, 0.05) is 17.9 Å².